The molecule has 1 aromatic carbocycles. The third-order valence-corrected chi connectivity index (χ3v) is 2.43. The molecule has 1 amide bonds. The molecule has 0 aromatic heterocycles. The summed E-state index contributed by atoms with van der Waals surface area (Å²) in [6, 6.07) is 2.78. The minimum atomic E-state index is -0.818. The summed E-state index contributed by atoms with van der Waals surface area (Å²) in [4.78, 5) is 23.0. The third-order valence-electron chi connectivity index (χ3n) is 2.43. The fourth-order valence-electron chi connectivity index (χ4n) is 1.49. The van der Waals surface area contributed by atoms with E-state index in [2.05, 4.69) is 0 Å². The zero-order chi connectivity index (χ0) is 13.7. The molecule has 0 atom stereocenters. The van der Waals surface area contributed by atoms with Crippen molar-refractivity contribution in [3.8, 4) is 0 Å². The maximum absolute atomic E-state index is 13.5. The molecule has 0 aliphatic carbocycles. The van der Waals surface area contributed by atoms with Gasteiger partial charge in [0.2, 0.25) is 0 Å². The number of benzene rings is 1. The molecule has 0 bridgehead atoms. The molecule has 0 radical (unpaired) electrons. The fourth-order valence-corrected chi connectivity index (χ4v) is 1.49. The number of aliphatic hydroxyl groups excluding tert-OH is 1. The van der Waals surface area contributed by atoms with E-state index >= 15 is 0 Å². The average Bonchev–Trinajstić information content (AvgIpc) is 2.35. The highest BCUT2D eigenvalue weighted by Gasteiger charge is 2.20. The molecule has 0 aliphatic heterocycles. The molecule has 1 rings (SSSR count). The molecule has 0 fully saturated rings. The van der Waals surface area contributed by atoms with Crippen LogP contribution in [-0.2, 0) is 0 Å². The van der Waals surface area contributed by atoms with E-state index in [1.54, 1.807) is 6.92 Å². The summed E-state index contributed by atoms with van der Waals surface area (Å²) < 4.78 is 13.5. The lowest BCUT2D eigenvalue weighted by atomic mass is 10.1. The van der Waals surface area contributed by atoms with Crippen LogP contribution in [0, 0.1) is 15.9 Å². The number of amides is 1. The Hall–Kier alpha value is -2.02. The molecule has 18 heavy (non-hydrogen) atoms. The van der Waals surface area contributed by atoms with Gasteiger partial charge in [0.1, 0.15) is 5.82 Å². The Morgan fingerprint density at radius 2 is 2.22 bits per heavy atom. The van der Waals surface area contributed by atoms with Gasteiger partial charge >= 0.3 is 0 Å². The summed E-state index contributed by atoms with van der Waals surface area (Å²) in [6.45, 7) is 1.75. The number of halogens is 1. The first kappa shape index (κ1) is 14.0. The van der Waals surface area contributed by atoms with Crippen LogP contribution in [0.5, 0.6) is 0 Å². The Morgan fingerprint density at radius 1 is 1.56 bits per heavy atom. The van der Waals surface area contributed by atoms with Crippen molar-refractivity contribution < 1.29 is 19.2 Å². The minimum Gasteiger partial charge on any atom is -0.395 e. The van der Waals surface area contributed by atoms with Crippen molar-refractivity contribution in [2.24, 2.45) is 0 Å². The Labute approximate surface area is 103 Å². The molecule has 0 saturated carbocycles. The lowest BCUT2D eigenvalue weighted by molar-refractivity contribution is -0.384. The lowest BCUT2D eigenvalue weighted by Gasteiger charge is -2.19. The number of carbonyl (C=O) groups is 1. The number of hydrogen-bond donors (Lipinski definition) is 1. The van der Waals surface area contributed by atoms with Crippen LogP contribution in [-0.4, -0.2) is 40.5 Å². The van der Waals surface area contributed by atoms with Crippen molar-refractivity contribution in [3.05, 3.63) is 39.7 Å². The first-order valence-electron chi connectivity index (χ1n) is 5.35. The molecular formula is C11H13FN2O4. The van der Waals surface area contributed by atoms with E-state index in [-0.39, 0.29) is 30.9 Å². The van der Waals surface area contributed by atoms with E-state index in [0.717, 1.165) is 18.2 Å². The Morgan fingerprint density at radius 3 is 2.72 bits per heavy atom. The smallest absolute Gasteiger partial charge is 0.270 e. The monoisotopic (exact) mass is 256 g/mol. The number of hydrogen-bond acceptors (Lipinski definition) is 4. The summed E-state index contributed by atoms with van der Waals surface area (Å²) in [5, 5.41) is 19.4. The molecule has 1 N–H and O–H groups in total. The number of non-ortho nitro benzene ring substituents is 1. The predicted molar refractivity (Wildman–Crippen MR) is 61.7 cm³/mol. The quantitative estimate of drug-likeness (QED) is 0.633. The highest BCUT2D eigenvalue weighted by atomic mass is 19.1. The van der Waals surface area contributed by atoms with Crippen molar-refractivity contribution in [1.82, 2.24) is 4.90 Å². The van der Waals surface area contributed by atoms with Crippen LogP contribution in [0.1, 0.15) is 17.3 Å². The number of likely N-dealkylation sites (N-methyl/N-ethyl adjacent to an activating group) is 1. The largest absolute Gasteiger partial charge is 0.395 e. The Kier molecular flexibility index (Phi) is 4.73. The third kappa shape index (κ3) is 3.01. The van der Waals surface area contributed by atoms with Gasteiger partial charge in [-0.1, -0.05) is 0 Å². The SMILES string of the molecule is CCN(CCO)C(=O)c1cc([N+](=O)[O-])ccc1F. The summed E-state index contributed by atoms with van der Waals surface area (Å²) in [5.41, 5.74) is -0.709. The van der Waals surface area contributed by atoms with Crippen LogP contribution in [0.15, 0.2) is 18.2 Å². The number of nitrogens with zero attached hydrogens (tertiary/aromatic N) is 2. The number of aliphatic hydroxyl groups is 1. The van der Waals surface area contributed by atoms with Crippen LogP contribution in [0.25, 0.3) is 0 Å². The van der Waals surface area contributed by atoms with E-state index in [4.69, 9.17) is 5.11 Å². The first-order valence-corrected chi connectivity index (χ1v) is 5.35. The predicted octanol–water partition coefficient (Wildman–Crippen LogP) is 1.19. The van der Waals surface area contributed by atoms with Gasteiger partial charge in [-0.3, -0.25) is 14.9 Å². The second kappa shape index (κ2) is 6.06. The van der Waals surface area contributed by atoms with E-state index < -0.39 is 16.6 Å². The van der Waals surface area contributed by atoms with Crippen molar-refractivity contribution in [2.75, 3.05) is 19.7 Å². The van der Waals surface area contributed by atoms with Crippen LogP contribution in [0.4, 0.5) is 10.1 Å². The molecule has 98 valence electrons. The van der Waals surface area contributed by atoms with Crippen molar-refractivity contribution in [1.29, 1.82) is 0 Å². The summed E-state index contributed by atoms with van der Waals surface area (Å²) in [6.07, 6.45) is 0. The number of rotatable bonds is 5. The van der Waals surface area contributed by atoms with Gasteiger partial charge in [0.25, 0.3) is 11.6 Å². The highest BCUT2D eigenvalue weighted by Crippen LogP contribution is 2.18. The van der Waals surface area contributed by atoms with Crippen LogP contribution in [0.3, 0.4) is 0 Å². The van der Waals surface area contributed by atoms with Crippen molar-refractivity contribution in [2.45, 2.75) is 6.92 Å². The van der Waals surface area contributed by atoms with Gasteiger partial charge in [-0.05, 0) is 13.0 Å². The molecule has 7 heteroatoms. The van der Waals surface area contributed by atoms with Crippen LogP contribution >= 0.6 is 0 Å². The maximum Gasteiger partial charge on any atom is 0.270 e. The second-order valence-corrected chi connectivity index (χ2v) is 3.53. The molecule has 0 saturated heterocycles. The highest BCUT2D eigenvalue weighted by molar-refractivity contribution is 5.95. The van der Waals surface area contributed by atoms with Gasteiger partial charge in [0.05, 0.1) is 17.1 Å². The van der Waals surface area contributed by atoms with E-state index in [0.29, 0.717) is 0 Å². The first-order chi connectivity index (χ1) is 8.51. The van der Waals surface area contributed by atoms with E-state index in [1.807, 2.05) is 0 Å². The Balaban J connectivity index is 3.10. The minimum absolute atomic E-state index is 0.0530. The van der Waals surface area contributed by atoms with E-state index in [1.165, 1.54) is 4.90 Å². The summed E-state index contributed by atoms with van der Waals surface area (Å²) in [7, 11) is 0. The van der Waals surface area contributed by atoms with Crippen molar-refractivity contribution >= 4 is 11.6 Å². The average molecular weight is 256 g/mol. The number of nitro benzene ring substituents is 1. The van der Waals surface area contributed by atoms with Crippen molar-refractivity contribution in [3.63, 3.8) is 0 Å². The fraction of sp³-hybridized carbons (Fsp3) is 0.364. The van der Waals surface area contributed by atoms with Gasteiger partial charge in [-0.25, -0.2) is 4.39 Å². The molecule has 6 nitrogen and oxygen atoms in total. The van der Waals surface area contributed by atoms with Crippen LogP contribution < -0.4 is 0 Å². The number of nitro groups is 1. The van der Waals surface area contributed by atoms with Gasteiger partial charge in [-0.2, -0.15) is 0 Å². The zero-order valence-corrected chi connectivity index (χ0v) is 9.80. The topological polar surface area (TPSA) is 83.7 Å². The molecule has 1 aromatic rings. The van der Waals surface area contributed by atoms with Crippen LogP contribution in [0.2, 0.25) is 0 Å². The molecule has 0 unspecified atom stereocenters. The van der Waals surface area contributed by atoms with E-state index in [9.17, 15) is 19.3 Å². The molecule has 0 aliphatic rings. The maximum atomic E-state index is 13.5. The van der Waals surface area contributed by atoms with Gasteiger partial charge in [-0.15, -0.1) is 0 Å². The second-order valence-electron chi connectivity index (χ2n) is 3.53. The molecule has 0 spiro atoms. The van der Waals surface area contributed by atoms with Gasteiger partial charge in [0, 0.05) is 25.2 Å². The molecular weight excluding hydrogens is 243 g/mol. The zero-order valence-electron chi connectivity index (χ0n) is 9.80. The number of carbonyl (C=O) groups excluding carboxylic acids is 1. The summed E-state index contributed by atoms with van der Waals surface area (Å²) in [5.74, 6) is -1.49. The normalized spacial score (nSPS) is 10.2. The van der Waals surface area contributed by atoms with Gasteiger partial charge in [0.15, 0.2) is 0 Å². The summed E-state index contributed by atoms with van der Waals surface area (Å²) >= 11 is 0. The van der Waals surface area contributed by atoms with Gasteiger partial charge < -0.3 is 10.0 Å². The Bertz CT molecular complexity index is 464. The standard InChI is InChI=1S/C11H13FN2O4/c1-2-13(5-6-15)11(16)9-7-8(14(17)18)3-4-10(9)12/h3-4,7,15H,2,5-6H2,1H3. The molecule has 0 heterocycles. The lowest BCUT2D eigenvalue weighted by Crippen LogP contribution is -2.33.